The molecule has 0 unspecified atom stereocenters. The van der Waals surface area contributed by atoms with Crippen molar-refractivity contribution in [1.82, 2.24) is 15.0 Å². The first kappa shape index (κ1) is 10.4. The van der Waals surface area contributed by atoms with Crippen molar-refractivity contribution in [1.29, 1.82) is 0 Å². The van der Waals surface area contributed by atoms with E-state index in [0.717, 1.165) is 0 Å². The molecule has 0 aliphatic rings. The fraction of sp³-hybridized carbons (Fsp3) is 0.444. The number of Topliss-reactive ketones (excluding diaryl/α,β-unsaturated/α-hetero) is 1. The normalized spacial score (nSPS) is 9.29. The molecular formula is C9H12N4O. The van der Waals surface area contributed by atoms with Crippen LogP contribution in [0.1, 0.15) is 23.8 Å². The number of rotatable bonds is 4. The molecule has 14 heavy (non-hydrogen) atoms. The SMILES string of the molecule is CC#CCC(=O)c1cn(CCN)nn1. The Kier molecular flexibility index (Phi) is 3.83. The van der Waals surface area contributed by atoms with Crippen LogP contribution in [-0.2, 0) is 6.54 Å². The van der Waals surface area contributed by atoms with Crippen molar-refractivity contribution in [2.24, 2.45) is 5.73 Å². The van der Waals surface area contributed by atoms with Crippen LogP contribution in [0.4, 0.5) is 0 Å². The van der Waals surface area contributed by atoms with Gasteiger partial charge in [0.05, 0.1) is 19.2 Å². The molecule has 0 amide bonds. The van der Waals surface area contributed by atoms with Crippen LogP contribution < -0.4 is 5.73 Å². The van der Waals surface area contributed by atoms with Gasteiger partial charge in [-0.1, -0.05) is 11.1 Å². The quantitative estimate of drug-likeness (QED) is 0.531. The van der Waals surface area contributed by atoms with Crippen molar-refractivity contribution < 1.29 is 4.79 Å². The second kappa shape index (κ2) is 5.14. The predicted octanol–water partition coefficient (Wildman–Crippen LogP) is -0.167. The maximum absolute atomic E-state index is 11.4. The average molecular weight is 192 g/mol. The largest absolute Gasteiger partial charge is 0.329 e. The van der Waals surface area contributed by atoms with Gasteiger partial charge in [-0.15, -0.1) is 11.0 Å². The summed E-state index contributed by atoms with van der Waals surface area (Å²) in [6, 6.07) is 0. The van der Waals surface area contributed by atoms with E-state index < -0.39 is 0 Å². The minimum absolute atomic E-state index is 0.109. The molecule has 0 spiro atoms. The third-order valence-electron chi connectivity index (χ3n) is 1.61. The lowest BCUT2D eigenvalue weighted by atomic mass is 10.2. The Hall–Kier alpha value is -1.67. The maximum atomic E-state index is 11.4. The Bertz CT molecular complexity index is 372. The second-order valence-electron chi connectivity index (χ2n) is 2.68. The van der Waals surface area contributed by atoms with Crippen molar-refractivity contribution in [2.75, 3.05) is 6.54 Å². The fourth-order valence-corrected chi connectivity index (χ4v) is 0.927. The fourth-order valence-electron chi connectivity index (χ4n) is 0.927. The lowest BCUT2D eigenvalue weighted by Gasteiger charge is -1.92. The van der Waals surface area contributed by atoms with E-state index in [1.807, 2.05) is 0 Å². The minimum atomic E-state index is -0.109. The van der Waals surface area contributed by atoms with Gasteiger partial charge in [-0.2, -0.15) is 0 Å². The molecule has 74 valence electrons. The highest BCUT2D eigenvalue weighted by Crippen LogP contribution is 1.97. The molecule has 0 saturated carbocycles. The van der Waals surface area contributed by atoms with E-state index in [4.69, 9.17) is 5.73 Å². The lowest BCUT2D eigenvalue weighted by Crippen LogP contribution is -2.10. The van der Waals surface area contributed by atoms with Crippen molar-refractivity contribution in [3.05, 3.63) is 11.9 Å². The molecule has 0 radical (unpaired) electrons. The summed E-state index contributed by atoms with van der Waals surface area (Å²) in [5.41, 5.74) is 5.68. The molecule has 0 bridgehead atoms. The van der Waals surface area contributed by atoms with E-state index in [9.17, 15) is 4.79 Å². The van der Waals surface area contributed by atoms with Gasteiger partial charge in [-0.05, 0) is 6.92 Å². The van der Waals surface area contributed by atoms with Crippen LogP contribution in [0.2, 0.25) is 0 Å². The third-order valence-corrected chi connectivity index (χ3v) is 1.61. The second-order valence-corrected chi connectivity index (χ2v) is 2.68. The van der Waals surface area contributed by atoms with Gasteiger partial charge in [0.15, 0.2) is 5.78 Å². The van der Waals surface area contributed by atoms with E-state index in [1.165, 1.54) is 0 Å². The van der Waals surface area contributed by atoms with E-state index >= 15 is 0 Å². The summed E-state index contributed by atoms with van der Waals surface area (Å²) in [7, 11) is 0. The van der Waals surface area contributed by atoms with Gasteiger partial charge in [0.2, 0.25) is 0 Å². The summed E-state index contributed by atoms with van der Waals surface area (Å²) in [5.74, 6) is 5.23. The Morgan fingerprint density at radius 3 is 3.14 bits per heavy atom. The Balaban J connectivity index is 2.64. The van der Waals surface area contributed by atoms with Crippen LogP contribution in [0.25, 0.3) is 0 Å². The summed E-state index contributed by atoms with van der Waals surface area (Å²) in [6.07, 6.45) is 1.78. The molecule has 0 aliphatic carbocycles. The van der Waals surface area contributed by atoms with Crippen molar-refractivity contribution >= 4 is 5.78 Å². The summed E-state index contributed by atoms with van der Waals surface area (Å²) in [4.78, 5) is 11.4. The zero-order chi connectivity index (χ0) is 10.4. The number of hydrogen-bond donors (Lipinski definition) is 1. The number of hydrogen-bond acceptors (Lipinski definition) is 4. The third kappa shape index (κ3) is 2.68. The molecule has 2 N–H and O–H groups in total. The maximum Gasteiger partial charge on any atom is 0.196 e. The molecule has 1 heterocycles. The highest BCUT2D eigenvalue weighted by molar-refractivity contribution is 5.95. The number of aromatic nitrogens is 3. The molecule has 0 saturated heterocycles. The van der Waals surface area contributed by atoms with Gasteiger partial charge in [0.25, 0.3) is 0 Å². The van der Waals surface area contributed by atoms with Gasteiger partial charge in [0, 0.05) is 6.54 Å². The number of nitrogens with two attached hydrogens (primary N) is 1. The van der Waals surface area contributed by atoms with Crippen LogP contribution >= 0.6 is 0 Å². The number of carbonyl (C=O) groups excluding carboxylic acids is 1. The minimum Gasteiger partial charge on any atom is -0.329 e. The summed E-state index contributed by atoms with van der Waals surface area (Å²) >= 11 is 0. The summed E-state index contributed by atoms with van der Waals surface area (Å²) in [5, 5.41) is 7.48. The van der Waals surface area contributed by atoms with E-state index in [-0.39, 0.29) is 12.2 Å². The first-order valence-electron chi connectivity index (χ1n) is 4.31. The predicted molar refractivity (Wildman–Crippen MR) is 51.5 cm³/mol. The molecule has 5 nitrogen and oxygen atoms in total. The average Bonchev–Trinajstić information content (AvgIpc) is 2.63. The highest BCUT2D eigenvalue weighted by Gasteiger charge is 2.08. The molecule has 0 fully saturated rings. The van der Waals surface area contributed by atoms with E-state index in [2.05, 4.69) is 22.2 Å². The number of nitrogens with zero attached hydrogens (tertiary/aromatic N) is 3. The molecule has 1 aromatic heterocycles. The lowest BCUT2D eigenvalue weighted by molar-refractivity contribution is 0.0993. The summed E-state index contributed by atoms with van der Waals surface area (Å²) in [6.45, 7) is 2.74. The zero-order valence-electron chi connectivity index (χ0n) is 8.03. The van der Waals surface area contributed by atoms with Crippen molar-refractivity contribution in [3.8, 4) is 11.8 Å². The van der Waals surface area contributed by atoms with Gasteiger partial charge < -0.3 is 5.73 Å². The molecule has 1 rings (SSSR count). The van der Waals surface area contributed by atoms with Crippen LogP contribution in [0.5, 0.6) is 0 Å². The van der Waals surface area contributed by atoms with Crippen molar-refractivity contribution in [3.63, 3.8) is 0 Å². The Morgan fingerprint density at radius 1 is 1.71 bits per heavy atom. The molecule has 1 aromatic rings. The Morgan fingerprint density at radius 2 is 2.50 bits per heavy atom. The number of carbonyl (C=O) groups is 1. The van der Waals surface area contributed by atoms with E-state index in [0.29, 0.717) is 18.8 Å². The highest BCUT2D eigenvalue weighted by atomic mass is 16.1. The molecule has 0 aliphatic heterocycles. The smallest absolute Gasteiger partial charge is 0.196 e. The van der Waals surface area contributed by atoms with Crippen LogP contribution in [-0.4, -0.2) is 27.3 Å². The van der Waals surface area contributed by atoms with Crippen molar-refractivity contribution in [2.45, 2.75) is 19.9 Å². The zero-order valence-corrected chi connectivity index (χ0v) is 8.03. The first-order valence-corrected chi connectivity index (χ1v) is 4.31. The van der Waals surface area contributed by atoms with Gasteiger partial charge in [0.1, 0.15) is 5.69 Å². The molecule has 0 atom stereocenters. The molecular weight excluding hydrogens is 180 g/mol. The standard InChI is InChI=1S/C9H12N4O/c1-2-3-4-9(14)8-7-13(6-5-10)12-11-8/h7H,4-6,10H2,1H3. The molecule has 5 heteroatoms. The topological polar surface area (TPSA) is 73.8 Å². The summed E-state index contributed by atoms with van der Waals surface area (Å²) < 4.78 is 1.55. The van der Waals surface area contributed by atoms with Crippen LogP contribution in [0.3, 0.4) is 0 Å². The molecule has 0 aromatic carbocycles. The van der Waals surface area contributed by atoms with E-state index in [1.54, 1.807) is 17.8 Å². The first-order chi connectivity index (χ1) is 6.77. The van der Waals surface area contributed by atoms with Crippen LogP contribution in [0.15, 0.2) is 6.20 Å². The van der Waals surface area contributed by atoms with Gasteiger partial charge in [-0.3, -0.25) is 9.48 Å². The monoisotopic (exact) mass is 192 g/mol. The van der Waals surface area contributed by atoms with Gasteiger partial charge >= 0.3 is 0 Å². The Labute approximate surface area is 82.3 Å². The van der Waals surface area contributed by atoms with Gasteiger partial charge in [-0.25, -0.2) is 0 Å². The number of ketones is 1. The van der Waals surface area contributed by atoms with Crippen LogP contribution in [0, 0.1) is 11.8 Å².